The number of aromatic nitrogens is 1. The second-order valence-corrected chi connectivity index (χ2v) is 4.50. The van der Waals surface area contributed by atoms with Gasteiger partial charge in [-0.3, -0.25) is 4.79 Å². The number of hydrogen-bond acceptors (Lipinski definition) is 6. The molecule has 2 rings (SSSR count). The number of ether oxygens (including phenoxy) is 1. The maximum Gasteiger partial charge on any atom is 0.376 e. The van der Waals surface area contributed by atoms with Gasteiger partial charge in [-0.2, -0.15) is 5.26 Å². The summed E-state index contributed by atoms with van der Waals surface area (Å²) in [5.74, 6) is -3.12. The molecule has 0 bridgehead atoms. The minimum Gasteiger partial charge on any atom is -0.463 e. The fraction of sp³-hybridized carbons (Fsp3) is 0.167. The van der Waals surface area contributed by atoms with Gasteiger partial charge in [0.2, 0.25) is 0 Å². The van der Waals surface area contributed by atoms with Crippen molar-refractivity contribution in [3.63, 3.8) is 0 Å². The van der Waals surface area contributed by atoms with Crippen molar-refractivity contribution < 1.29 is 14.3 Å². The van der Waals surface area contributed by atoms with Crippen molar-refractivity contribution in [2.24, 2.45) is 0 Å². The standard InChI is InChI=1S/C12H8N2O3S/c1-17-12(16)10(15)7(6-13)11-14-8-4-2-3-5-9(8)18-11/h2-5,7H,1H3/t7-/m1/s1. The number of rotatable bonds is 3. The first-order chi connectivity index (χ1) is 8.67. The number of fused-ring (bicyclic) bond motifs is 1. The predicted molar refractivity (Wildman–Crippen MR) is 65.0 cm³/mol. The molecule has 0 aliphatic heterocycles. The normalized spacial score (nSPS) is 11.8. The molecular weight excluding hydrogens is 252 g/mol. The van der Waals surface area contributed by atoms with Gasteiger partial charge in [0, 0.05) is 0 Å². The van der Waals surface area contributed by atoms with E-state index in [2.05, 4.69) is 9.72 Å². The Bertz CT molecular complexity index is 624. The number of ketones is 1. The number of para-hydroxylation sites is 1. The molecule has 0 aliphatic rings. The van der Waals surface area contributed by atoms with Crippen molar-refractivity contribution in [2.75, 3.05) is 7.11 Å². The Morgan fingerprint density at radius 3 is 2.78 bits per heavy atom. The van der Waals surface area contributed by atoms with Crippen molar-refractivity contribution in [3.8, 4) is 6.07 Å². The van der Waals surface area contributed by atoms with E-state index in [9.17, 15) is 9.59 Å². The predicted octanol–water partition coefficient (Wildman–Crippen LogP) is 1.65. The van der Waals surface area contributed by atoms with Crippen LogP contribution in [0.4, 0.5) is 0 Å². The van der Waals surface area contributed by atoms with E-state index in [1.807, 2.05) is 18.2 Å². The molecule has 0 radical (unpaired) electrons. The zero-order valence-electron chi connectivity index (χ0n) is 9.41. The number of methoxy groups -OCH3 is 1. The zero-order chi connectivity index (χ0) is 13.1. The third-order valence-electron chi connectivity index (χ3n) is 2.34. The van der Waals surface area contributed by atoms with Gasteiger partial charge in [-0.15, -0.1) is 11.3 Å². The summed E-state index contributed by atoms with van der Waals surface area (Å²) in [6, 6.07) is 9.07. The summed E-state index contributed by atoms with van der Waals surface area (Å²) < 4.78 is 5.19. The highest BCUT2D eigenvalue weighted by Gasteiger charge is 2.30. The van der Waals surface area contributed by atoms with Crippen LogP contribution in [0.5, 0.6) is 0 Å². The first-order valence-electron chi connectivity index (χ1n) is 5.04. The molecule has 0 fully saturated rings. The van der Waals surface area contributed by atoms with Crippen LogP contribution in [0.25, 0.3) is 10.2 Å². The molecule has 0 spiro atoms. The smallest absolute Gasteiger partial charge is 0.376 e. The number of thiazole rings is 1. The van der Waals surface area contributed by atoms with Crippen molar-refractivity contribution in [3.05, 3.63) is 29.3 Å². The quantitative estimate of drug-likeness (QED) is 0.619. The first kappa shape index (κ1) is 12.2. The van der Waals surface area contributed by atoms with E-state index < -0.39 is 17.7 Å². The summed E-state index contributed by atoms with van der Waals surface area (Å²) in [5.41, 5.74) is 0.704. The minimum absolute atomic E-state index is 0.314. The Balaban J connectivity index is 2.42. The number of Topliss-reactive ketones (excluding diaryl/α,β-unsaturated/α-hetero) is 1. The fourth-order valence-corrected chi connectivity index (χ4v) is 2.47. The molecule has 0 N–H and O–H groups in total. The highest BCUT2D eigenvalue weighted by Crippen LogP contribution is 2.27. The van der Waals surface area contributed by atoms with Crippen LogP contribution in [0.3, 0.4) is 0 Å². The average molecular weight is 260 g/mol. The molecule has 6 heteroatoms. The lowest BCUT2D eigenvalue weighted by Gasteiger charge is -2.01. The Morgan fingerprint density at radius 2 is 2.17 bits per heavy atom. The summed E-state index contributed by atoms with van der Waals surface area (Å²) in [7, 11) is 1.10. The van der Waals surface area contributed by atoms with E-state index in [-0.39, 0.29) is 0 Å². The Labute approximate surface area is 107 Å². The molecule has 1 atom stereocenters. The van der Waals surface area contributed by atoms with Gasteiger partial charge in [0.05, 0.1) is 23.4 Å². The summed E-state index contributed by atoms with van der Waals surface area (Å²) in [5, 5.41) is 9.32. The molecule has 1 aromatic heterocycles. The lowest BCUT2D eigenvalue weighted by Crippen LogP contribution is -2.22. The SMILES string of the molecule is COC(=O)C(=O)[C@@H](C#N)c1nc2ccccc2s1. The molecule has 0 saturated heterocycles. The largest absolute Gasteiger partial charge is 0.463 e. The van der Waals surface area contributed by atoms with Gasteiger partial charge in [0.1, 0.15) is 5.01 Å². The highest BCUT2D eigenvalue weighted by molar-refractivity contribution is 7.18. The zero-order valence-corrected chi connectivity index (χ0v) is 10.2. The average Bonchev–Trinajstić information content (AvgIpc) is 2.81. The maximum absolute atomic E-state index is 11.7. The number of carbonyl (C=O) groups is 2. The van der Waals surface area contributed by atoms with Crippen LogP contribution in [0.15, 0.2) is 24.3 Å². The van der Waals surface area contributed by atoms with Gasteiger partial charge in [0.15, 0.2) is 5.92 Å². The molecule has 0 saturated carbocycles. The van der Waals surface area contributed by atoms with Crippen molar-refractivity contribution in [1.82, 2.24) is 4.98 Å². The molecule has 0 aliphatic carbocycles. The maximum atomic E-state index is 11.7. The third-order valence-corrected chi connectivity index (χ3v) is 3.44. The van der Waals surface area contributed by atoms with E-state index in [1.165, 1.54) is 11.3 Å². The van der Waals surface area contributed by atoms with E-state index in [0.717, 1.165) is 11.8 Å². The molecule has 0 amide bonds. The van der Waals surface area contributed by atoms with Crippen molar-refractivity contribution >= 4 is 33.3 Å². The highest BCUT2D eigenvalue weighted by atomic mass is 32.1. The second kappa shape index (κ2) is 4.94. The van der Waals surface area contributed by atoms with Crippen LogP contribution in [-0.2, 0) is 14.3 Å². The monoisotopic (exact) mass is 260 g/mol. The summed E-state index contributed by atoms with van der Waals surface area (Å²) in [6.07, 6.45) is 0. The molecule has 1 heterocycles. The molecule has 1 aromatic carbocycles. The number of benzene rings is 1. The van der Waals surface area contributed by atoms with Crippen molar-refractivity contribution in [1.29, 1.82) is 5.26 Å². The number of hydrogen-bond donors (Lipinski definition) is 0. The van der Waals surface area contributed by atoms with E-state index in [4.69, 9.17) is 5.26 Å². The molecule has 2 aromatic rings. The van der Waals surface area contributed by atoms with Crippen molar-refractivity contribution in [2.45, 2.75) is 5.92 Å². The third kappa shape index (κ3) is 2.08. The first-order valence-corrected chi connectivity index (χ1v) is 5.86. The van der Waals surface area contributed by atoms with Crippen LogP contribution >= 0.6 is 11.3 Å². The fourth-order valence-electron chi connectivity index (χ4n) is 1.46. The Morgan fingerprint density at radius 1 is 1.44 bits per heavy atom. The Kier molecular flexibility index (Phi) is 3.35. The van der Waals surface area contributed by atoms with Crippen LogP contribution in [0.2, 0.25) is 0 Å². The van der Waals surface area contributed by atoms with Gasteiger partial charge < -0.3 is 4.74 Å². The topological polar surface area (TPSA) is 80.0 Å². The van der Waals surface area contributed by atoms with Gasteiger partial charge >= 0.3 is 5.97 Å². The number of esters is 1. The molecule has 0 unspecified atom stereocenters. The summed E-state index contributed by atoms with van der Waals surface area (Å²) in [6.45, 7) is 0. The number of carbonyl (C=O) groups excluding carboxylic acids is 2. The number of nitrogens with zero attached hydrogens (tertiary/aromatic N) is 2. The van der Waals surface area contributed by atoms with Gasteiger partial charge in [-0.25, -0.2) is 9.78 Å². The second-order valence-electron chi connectivity index (χ2n) is 3.44. The summed E-state index contributed by atoms with van der Waals surface area (Å²) in [4.78, 5) is 27.0. The van der Waals surface area contributed by atoms with Crippen LogP contribution in [0, 0.1) is 11.3 Å². The lowest BCUT2D eigenvalue weighted by molar-refractivity contribution is -0.151. The van der Waals surface area contributed by atoms with Gasteiger partial charge in [-0.1, -0.05) is 12.1 Å². The number of nitriles is 1. The Hall–Kier alpha value is -2.26. The van der Waals surface area contributed by atoms with Crippen LogP contribution < -0.4 is 0 Å². The van der Waals surface area contributed by atoms with Crippen LogP contribution in [-0.4, -0.2) is 23.8 Å². The van der Waals surface area contributed by atoms with Gasteiger partial charge in [-0.05, 0) is 12.1 Å². The lowest BCUT2D eigenvalue weighted by atomic mass is 10.1. The van der Waals surface area contributed by atoms with E-state index in [1.54, 1.807) is 12.1 Å². The minimum atomic E-state index is -1.20. The molecule has 5 nitrogen and oxygen atoms in total. The van der Waals surface area contributed by atoms with Gasteiger partial charge in [0.25, 0.3) is 5.78 Å². The van der Waals surface area contributed by atoms with E-state index >= 15 is 0 Å². The summed E-state index contributed by atoms with van der Waals surface area (Å²) >= 11 is 1.22. The molecular formula is C12H8N2O3S. The molecule has 90 valence electrons. The molecule has 18 heavy (non-hydrogen) atoms. The van der Waals surface area contributed by atoms with E-state index in [0.29, 0.717) is 10.5 Å². The van der Waals surface area contributed by atoms with Crippen LogP contribution in [0.1, 0.15) is 10.9 Å².